The fourth-order valence-electron chi connectivity index (χ4n) is 0.847. The van der Waals surface area contributed by atoms with Gasteiger partial charge in [-0.1, -0.05) is 0 Å². The van der Waals surface area contributed by atoms with Crippen LogP contribution in [-0.2, 0) is 17.7 Å². The van der Waals surface area contributed by atoms with Gasteiger partial charge in [0, 0.05) is 0 Å². The highest BCUT2D eigenvalue weighted by atomic mass is 28.4. The molecule has 2 heterocycles. The van der Waals surface area contributed by atoms with Gasteiger partial charge in [-0.3, -0.25) is 0 Å². The molecule has 0 saturated carbocycles. The molecule has 0 unspecified atom stereocenters. The Kier molecular flexibility index (Phi) is 1.69. The van der Waals surface area contributed by atoms with Crippen molar-refractivity contribution >= 4 is 9.05 Å². The van der Waals surface area contributed by atoms with Gasteiger partial charge in [-0.05, 0) is 12.2 Å². The number of hydrogen-bond acceptors (Lipinski definition) is 4. The predicted octanol–water partition coefficient (Wildman–Crippen LogP) is 0.543. The van der Waals surface area contributed by atoms with E-state index < -0.39 is 9.05 Å². The Morgan fingerprint density at radius 3 is 1.82 bits per heavy atom. The van der Waals surface area contributed by atoms with Gasteiger partial charge in [0.2, 0.25) is 0 Å². The Morgan fingerprint density at radius 2 is 1.45 bits per heavy atom. The van der Waals surface area contributed by atoms with E-state index in [0.717, 1.165) is 0 Å². The fourth-order valence-corrected chi connectivity index (χ4v) is 2.38. The lowest BCUT2D eigenvalue weighted by Gasteiger charge is -2.28. The molecule has 2 rings (SSSR count). The number of hydrogen-bond donors (Lipinski definition) is 0. The molecular formula is C6H8O4Si. The molecule has 0 aromatic heterocycles. The van der Waals surface area contributed by atoms with Crippen molar-refractivity contribution < 1.29 is 17.7 Å². The first-order valence-corrected chi connectivity index (χ1v) is 4.98. The van der Waals surface area contributed by atoms with Gasteiger partial charge in [0.15, 0.2) is 0 Å². The second-order valence-electron chi connectivity index (χ2n) is 2.10. The first-order valence-electron chi connectivity index (χ1n) is 3.35. The summed E-state index contributed by atoms with van der Waals surface area (Å²) in [6, 6.07) is 0. The topological polar surface area (TPSA) is 36.9 Å². The molecule has 2 aliphatic heterocycles. The van der Waals surface area contributed by atoms with Crippen LogP contribution in [0.3, 0.4) is 0 Å². The van der Waals surface area contributed by atoms with Crippen LogP contribution in [0.25, 0.3) is 0 Å². The summed E-state index contributed by atoms with van der Waals surface area (Å²) < 4.78 is 20.8. The van der Waals surface area contributed by atoms with E-state index in [0.29, 0.717) is 13.2 Å². The van der Waals surface area contributed by atoms with E-state index in [9.17, 15) is 0 Å². The lowest BCUT2D eigenvalue weighted by atomic mass is 10.7. The highest BCUT2D eigenvalue weighted by Crippen LogP contribution is 2.18. The molecule has 60 valence electrons. The van der Waals surface area contributed by atoms with Crippen molar-refractivity contribution in [2.24, 2.45) is 0 Å². The molecule has 0 radical (unpaired) electrons. The van der Waals surface area contributed by atoms with Crippen LogP contribution in [0, 0.1) is 0 Å². The standard InChI is InChI=1S/C6H8O4Si/c1-3-7-11(8-4-1)9-5-2-6-10-11/h1-3,5H,4,6H2. The van der Waals surface area contributed by atoms with Gasteiger partial charge in [0.05, 0.1) is 25.7 Å². The van der Waals surface area contributed by atoms with Crippen LogP contribution in [0.1, 0.15) is 0 Å². The lowest BCUT2D eigenvalue weighted by Crippen LogP contribution is -2.49. The van der Waals surface area contributed by atoms with Crippen LogP contribution in [0.2, 0.25) is 0 Å². The van der Waals surface area contributed by atoms with Crippen LogP contribution in [0.4, 0.5) is 0 Å². The van der Waals surface area contributed by atoms with Crippen molar-refractivity contribution in [1.82, 2.24) is 0 Å². The van der Waals surface area contributed by atoms with Crippen LogP contribution in [0.15, 0.2) is 24.7 Å². The van der Waals surface area contributed by atoms with Crippen molar-refractivity contribution in [2.45, 2.75) is 0 Å². The minimum atomic E-state index is -2.74. The summed E-state index contributed by atoms with van der Waals surface area (Å²) in [6.45, 7) is 1.00. The van der Waals surface area contributed by atoms with Crippen molar-refractivity contribution in [3.05, 3.63) is 24.7 Å². The fraction of sp³-hybridized carbons (Fsp3) is 0.333. The molecule has 0 fully saturated rings. The lowest BCUT2D eigenvalue weighted by molar-refractivity contribution is 0.00861. The molecule has 0 aromatic rings. The van der Waals surface area contributed by atoms with Crippen molar-refractivity contribution in [2.75, 3.05) is 13.2 Å². The summed E-state index contributed by atoms with van der Waals surface area (Å²) in [4.78, 5) is 0. The van der Waals surface area contributed by atoms with E-state index in [1.54, 1.807) is 24.7 Å². The van der Waals surface area contributed by atoms with Crippen molar-refractivity contribution in [3.8, 4) is 0 Å². The van der Waals surface area contributed by atoms with E-state index in [4.69, 9.17) is 17.7 Å². The van der Waals surface area contributed by atoms with Gasteiger partial charge in [-0.25, -0.2) is 0 Å². The summed E-state index contributed by atoms with van der Waals surface area (Å²) in [5, 5.41) is 0. The zero-order chi connectivity index (χ0) is 7.57. The molecule has 0 aliphatic carbocycles. The van der Waals surface area contributed by atoms with Gasteiger partial charge < -0.3 is 17.7 Å². The molecule has 0 aromatic carbocycles. The van der Waals surface area contributed by atoms with Crippen molar-refractivity contribution in [3.63, 3.8) is 0 Å². The summed E-state index contributed by atoms with van der Waals surface area (Å²) >= 11 is 0. The van der Waals surface area contributed by atoms with Crippen LogP contribution in [0.5, 0.6) is 0 Å². The van der Waals surface area contributed by atoms with E-state index in [1.165, 1.54) is 0 Å². The molecule has 5 heteroatoms. The minimum Gasteiger partial charge on any atom is -0.478 e. The molecule has 0 amide bonds. The van der Waals surface area contributed by atoms with Gasteiger partial charge in [0.25, 0.3) is 0 Å². The molecule has 0 N–H and O–H groups in total. The van der Waals surface area contributed by atoms with Crippen LogP contribution >= 0.6 is 0 Å². The maximum absolute atomic E-state index is 5.24. The third-order valence-corrected chi connectivity index (χ3v) is 3.22. The van der Waals surface area contributed by atoms with Gasteiger partial charge in [0.1, 0.15) is 0 Å². The van der Waals surface area contributed by atoms with E-state index in [2.05, 4.69) is 0 Å². The van der Waals surface area contributed by atoms with E-state index in [1.807, 2.05) is 0 Å². The minimum absolute atomic E-state index is 0.500. The highest BCUT2D eigenvalue weighted by Gasteiger charge is 2.51. The Labute approximate surface area is 65.5 Å². The second-order valence-corrected chi connectivity index (χ2v) is 4.15. The van der Waals surface area contributed by atoms with E-state index >= 15 is 0 Å². The third kappa shape index (κ3) is 1.30. The zero-order valence-electron chi connectivity index (χ0n) is 5.86. The Balaban J connectivity index is 2.09. The van der Waals surface area contributed by atoms with Crippen molar-refractivity contribution in [1.29, 1.82) is 0 Å². The molecule has 4 nitrogen and oxygen atoms in total. The quantitative estimate of drug-likeness (QED) is 0.500. The summed E-state index contributed by atoms with van der Waals surface area (Å²) in [6.07, 6.45) is 6.66. The Bertz CT molecular complexity index is 179. The molecular weight excluding hydrogens is 164 g/mol. The van der Waals surface area contributed by atoms with Crippen LogP contribution < -0.4 is 0 Å². The summed E-state index contributed by atoms with van der Waals surface area (Å²) in [5.41, 5.74) is 0. The molecule has 1 spiro atoms. The third-order valence-electron chi connectivity index (χ3n) is 1.33. The zero-order valence-corrected chi connectivity index (χ0v) is 6.86. The normalized spacial score (nSPS) is 26.2. The average molecular weight is 172 g/mol. The molecule has 2 aliphatic rings. The highest BCUT2D eigenvalue weighted by molar-refractivity contribution is 6.54. The largest absolute Gasteiger partial charge is 0.820 e. The first-order chi connectivity index (χ1) is 5.41. The maximum Gasteiger partial charge on any atom is 0.820 e. The molecule has 11 heavy (non-hydrogen) atoms. The van der Waals surface area contributed by atoms with E-state index in [-0.39, 0.29) is 0 Å². The second kappa shape index (κ2) is 2.69. The first kappa shape index (κ1) is 6.90. The predicted molar refractivity (Wildman–Crippen MR) is 38.1 cm³/mol. The average Bonchev–Trinajstić information content (AvgIpc) is 2.07. The summed E-state index contributed by atoms with van der Waals surface area (Å²) in [5.74, 6) is 0. The Hall–Kier alpha value is -0.783. The van der Waals surface area contributed by atoms with Gasteiger partial charge >= 0.3 is 9.05 Å². The molecule has 0 atom stereocenters. The number of rotatable bonds is 0. The molecule has 0 bridgehead atoms. The summed E-state index contributed by atoms with van der Waals surface area (Å²) in [7, 11) is -2.74. The SMILES string of the molecule is C1=CO[Si]2(OC=CCO2)OC1. The molecule has 0 saturated heterocycles. The Morgan fingerprint density at radius 1 is 0.909 bits per heavy atom. The van der Waals surface area contributed by atoms with Gasteiger partial charge in [-0.15, -0.1) is 0 Å². The maximum atomic E-state index is 5.24. The van der Waals surface area contributed by atoms with Crippen LogP contribution in [-0.4, -0.2) is 22.3 Å². The van der Waals surface area contributed by atoms with Gasteiger partial charge in [-0.2, -0.15) is 0 Å². The monoisotopic (exact) mass is 172 g/mol. The smallest absolute Gasteiger partial charge is 0.478 e.